The second-order valence-electron chi connectivity index (χ2n) is 32.2. The van der Waals surface area contributed by atoms with Gasteiger partial charge in [0.25, 0.3) is 11.8 Å². The molecule has 0 aromatic heterocycles. The van der Waals surface area contributed by atoms with Crippen LogP contribution in [0.15, 0.2) is 109 Å². The van der Waals surface area contributed by atoms with Gasteiger partial charge in [0.1, 0.15) is 11.5 Å². The summed E-state index contributed by atoms with van der Waals surface area (Å²) < 4.78 is 182. The lowest BCUT2D eigenvalue weighted by molar-refractivity contribution is -0.143. The molecule has 6 aromatic carbocycles. The number of hydrogen-bond acceptors (Lipinski definition) is 14. The van der Waals surface area contributed by atoms with Gasteiger partial charge in [0.05, 0.1) is 78.5 Å². The molecule has 7 aliphatic rings. The third-order valence-corrected chi connectivity index (χ3v) is 23.8. The second kappa shape index (κ2) is 39.1. The van der Waals surface area contributed by atoms with Gasteiger partial charge in [-0.3, -0.25) is 29.0 Å². The van der Waals surface area contributed by atoms with E-state index in [1.54, 1.807) is 14.0 Å². The number of ketones is 2. The first-order valence-corrected chi connectivity index (χ1v) is 40.6. The SMILES string of the molecule is CCc1cc(C(F)(F)F)cc(CO)c1C(=O)C[C@@H]1COCCC1N1CCCC1.COc1cc(C(F)(F)F)cc(CS)c1C(=O)N[C@@]1(c2ccccc2)CCCN(C)C1.COc1cc(C)cc(C)c1C(=O)N[C@]1(c2ccccc2)C[C@@H](C)CN(C)C1.O=C(C[C@H]1COCCC1N1CCCC1)c1c(C2CC2)cc(C(F)(F)F)cc1C(F)(F)F. The van der Waals surface area contributed by atoms with Crippen molar-refractivity contribution in [3.8, 4) is 11.5 Å². The molecule has 13 rings (SSSR count). The van der Waals surface area contributed by atoms with Gasteiger partial charge in [-0.2, -0.15) is 65.3 Å². The summed E-state index contributed by atoms with van der Waals surface area (Å²) in [5.74, 6) is -1.17. The molecule has 7 fully saturated rings. The molecule has 1 aliphatic carbocycles. The summed E-state index contributed by atoms with van der Waals surface area (Å²) in [5.41, 5.74) is -0.561. The number of piperidine rings is 2. The third-order valence-electron chi connectivity index (χ3n) is 23.5. The molecule has 634 valence electrons. The molecule has 6 saturated heterocycles. The summed E-state index contributed by atoms with van der Waals surface area (Å²) in [7, 11) is 6.99. The van der Waals surface area contributed by atoms with Crippen molar-refractivity contribution < 1.29 is 95.9 Å². The number of aryl methyl sites for hydroxylation is 3. The van der Waals surface area contributed by atoms with Crippen molar-refractivity contribution in [2.24, 2.45) is 17.8 Å². The van der Waals surface area contributed by atoms with Gasteiger partial charge in [0, 0.05) is 86.5 Å². The number of likely N-dealkylation sites (tertiary alicyclic amines) is 4. The van der Waals surface area contributed by atoms with Crippen LogP contribution in [0.25, 0.3) is 0 Å². The molecule has 0 bridgehead atoms. The Morgan fingerprint density at radius 3 is 1.51 bits per heavy atom. The molecule has 6 aliphatic heterocycles. The summed E-state index contributed by atoms with van der Waals surface area (Å²) in [6, 6.07) is 28.9. The summed E-state index contributed by atoms with van der Waals surface area (Å²) >= 11 is 4.16. The van der Waals surface area contributed by atoms with Crippen LogP contribution in [0.4, 0.5) is 52.7 Å². The third kappa shape index (κ3) is 22.5. The number of likely N-dealkylation sites (N-methyl/N-ethyl adjacent to an activating group) is 2. The van der Waals surface area contributed by atoms with E-state index in [-0.39, 0.29) is 100 Å². The average molecular weight is 1650 g/mol. The first-order chi connectivity index (χ1) is 54.9. The predicted molar refractivity (Wildman–Crippen MR) is 422 cm³/mol. The van der Waals surface area contributed by atoms with E-state index >= 15 is 0 Å². The number of benzene rings is 6. The molecule has 1 saturated carbocycles. The van der Waals surface area contributed by atoms with Crippen LogP contribution < -0.4 is 20.1 Å². The molecular weight excluding hydrogens is 1550 g/mol. The Morgan fingerprint density at radius 1 is 0.552 bits per heavy atom. The summed E-state index contributed by atoms with van der Waals surface area (Å²) in [6.45, 7) is 16.5. The number of aliphatic hydroxyl groups excluding tert-OH is 1. The minimum absolute atomic E-state index is 0.0258. The van der Waals surface area contributed by atoms with Crippen LogP contribution in [0.3, 0.4) is 0 Å². The van der Waals surface area contributed by atoms with Gasteiger partial charge < -0.3 is 44.5 Å². The molecule has 2 unspecified atom stereocenters. The average Bonchev–Trinajstić information content (AvgIpc) is 1.44. The Hall–Kier alpha value is -7.57. The van der Waals surface area contributed by atoms with E-state index < -0.39 is 87.8 Å². The molecule has 0 radical (unpaired) electrons. The number of rotatable bonds is 20. The van der Waals surface area contributed by atoms with Crippen LogP contribution in [-0.2, 0) is 64.0 Å². The van der Waals surface area contributed by atoms with Crippen molar-refractivity contribution in [3.63, 3.8) is 0 Å². The second-order valence-corrected chi connectivity index (χ2v) is 32.6. The number of nitrogens with zero attached hydrogens (tertiary/aromatic N) is 4. The number of aliphatic hydroxyl groups is 1. The molecule has 3 N–H and O–H groups in total. The van der Waals surface area contributed by atoms with Crippen LogP contribution in [0.5, 0.6) is 11.5 Å². The molecule has 6 heterocycles. The van der Waals surface area contributed by atoms with E-state index in [1.165, 1.54) is 7.11 Å². The predicted octanol–water partition coefficient (Wildman–Crippen LogP) is 17.9. The number of alkyl halides is 12. The number of carbonyl (C=O) groups excluding carboxylic acids is 4. The van der Waals surface area contributed by atoms with Gasteiger partial charge in [-0.1, -0.05) is 80.6 Å². The number of amides is 2. The van der Waals surface area contributed by atoms with Gasteiger partial charge >= 0.3 is 24.7 Å². The maximum absolute atomic E-state index is 13.8. The number of hydrogen-bond donors (Lipinski definition) is 4. The fraction of sp³-hybridized carbons (Fsp3) is 0.545. The highest BCUT2D eigenvalue weighted by Gasteiger charge is 2.47. The maximum atomic E-state index is 13.8. The number of halogens is 12. The van der Waals surface area contributed by atoms with E-state index in [0.29, 0.717) is 74.8 Å². The summed E-state index contributed by atoms with van der Waals surface area (Å²) in [5, 5.41) is 16.2. The largest absolute Gasteiger partial charge is 0.496 e. The Bertz CT molecular complexity index is 4280. The number of carbonyl (C=O) groups is 4. The Kier molecular flexibility index (Phi) is 30.6. The lowest BCUT2D eigenvalue weighted by Crippen LogP contribution is -2.57. The van der Waals surface area contributed by atoms with Crippen molar-refractivity contribution in [1.82, 2.24) is 30.2 Å². The highest BCUT2D eigenvalue weighted by Crippen LogP contribution is 2.49. The van der Waals surface area contributed by atoms with Crippen molar-refractivity contribution >= 4 is 36.0 Å². The molecule has 6 aromatic rings. The van der Waals surface area contributed by atoms with Crippen LogP contribution in [0, 0.1) is 31.6 Å². The Balaban J connectivity index is 0.000000164. The van der Waals surface area contributed by atoms with E-state index in [1.807, 2.05) is 81.6 Å². The lowest BCUT2D eigenvalue weighted by Gasteiger charge is -2.45. The number of Topliss-reactive ketones (excluding diaryl/α,β-unsaturated/α-hetero) is 2. The standard InChI is InChI=1S/C23H30N2O2.C22H25F6NO2.C22H25F3N2O2S.C21H28F3NO3/c1-16-11-18(3)21(20(12-16)27-5)22(26)24-23(19-9-7-6-8-10-19)13-17(2)14-25(4)15-23;23-21(24,25)15-10-16(13-3-4-13)20(17(11-15)22(26,27)28)19(30)9-14-12-31-8-5-18(14)29-6-1-2-7-29;1-27-10-6-9-21(14-27,16-7-4-3-5-8-16)26-20(28)19-15(13-30)11-17(22(23,24)25)12-18(19)29-2;1-2-14-9-17(21(22,23)24)10-15(12-26)20(14)19(27)11-16-13-28-8-5-18(16)25-6-3-4-7-25/h6-12,17H,13-15H2,1-5H3,(H,24,26);10-11,13-14,18H,1-9,12H2;3-5,7-8,11-12,30H,6,9-10,13-14H2,1-2H3,(H,26,28);9-10,16,18,26H,2-8,11-13H2,1H3/t17-,23-;14-,18?;21-;16-,18?/m1001/s1. The molecule has 116 heavy (non-hydrogen) atoms. The zero-order valence-electron chi connectivity index (χ0n) is 67.1. The van der Waals surface area contributed by atoms with Crippen LogP contribution in [0.2, 0.25) is 0 Å². The van der Waals surface area contributed by atoms with Crippen LogP contribution >= 0.6 is 12.6 Å². The maximum Gasteiger partial charge on any atom is 0.417 e. The van der Waals surface area contributed by atoms with Crippen molar-refractivity contribution in [1.29, 1.82) is 0 Å². The molecule has 0 spiro atoms. The smallest absolute Gasteiger partial charge is 0.417 e. The summed E-state index contributed by atoms with van der Waals surface area (Å²) in [6.07, 6.45) is -9.16. The number of methoxy groups -OCH3 is 2. The zero-order valence-corrected chi connectivity index (χ0v) is 68.0. The normalized spacial score (nSPS) is 23.2. The van der Waals surface area contributed by atoms with E-state index in [0.717, 1.165) is 150 Å². The zero-order chi connectivity index (χ0) is 84.2. The first kappa shape index (κ1) is 90.7. The summed E-state index contributed by atoms with van der Waals surface area (Å²) in [4.78, 5) is 62.3. The highest BCUT2D eigenvalue weighted by atomic mass is 32.1. The quantitative estimate of drug-likeness (QED) is 0.0325. The van der Waals surface area contributed by atoms with Gasteiger partial charge in [-0.15, -0.1) is 0 Å². The molecule has 15 nitrogen and oxygen atoms in total. The van der Waals surface area contributed by atoms with Gasteiger partial charge in [0.15, 0.2) is 11.6 Å². The number of ether oxygens (including phenoxy) is 4. The number of thiol groups is 1. The molecular formula is C88H108F12N6O9S. The minimum Gasteiger partial charge on any atom is -0.496 e. The van der Waals surface area contributed by atoms with Gasteiger partial charge in [0.2, 0.25) is 0 Å². The molecule has 28 heteroatoms. The van der Waals surface area contributed by atoms with Gasteiger partial charge in [-0.05, 0) is 237 Å². The minimum atomic E-state index is -5.05. The molecule has 2 amide bonds. The number of nitrogens with one attached hydrogen (secondary N) is 2. The lowest BCUT2D eigenvalue weighted by atomic mass is 9.78. The van der Waals surface area contributed by atoms with Crippen molar-refractivity contribution in [2.75, 3.05) is 107 Å². The topological polar surface area (TPSA) is 162 Å². The Morgan fingerprint density at radius 2 is 1.03 bits per heavy atom. The van der Waals surface area contributed by atoms with E-state index in [4.69, 9.17) is 18.9 Å². The fourth-order valence-corrected chi connectivity index (χ4v) is 18.4. The highest BCUT2D eigenvalue weighted by molar-refractivity contribution is 7.79. The molecule has 7 atom stereocenters. The van der Waals surface area contributed by atoms with E-state index in [9.17, 15) is 77.0 Å². The van der Waals surface area contributed by atoms with Crippen LogP contribution in [0.1, 0.15) is 211 Å². The first-order valence-electron chi connectivity index (χ1n) is 40.0. The van der Waals surface area contributed by atoms with Gasteiger partial charge in [-0.25, -0.2) is 0 Å². The van der Waals surface area contributed by atoms with Crippen molar-refractivity contribution in [3.05, 3.63) is 198 Å². The monoisotopic (exact) mass is 1650 g/mol. The fourth-order valence-electron chi connectivity index (χ4n) is 18.2. The van der Waals surface area contributed by atoms with Crippen LogP contribution in [-0.4, -0.2) is 167 Å². The van der Waals surface area contributed by atoms with Crippen molar-refractivity contribution in [2.45, 2.75) is 184 Å². The Labute approximate surface area is 677 Å². The van der Waals surface area contributed by atoms with E-state index in [2.05, 4.69) is 69.0 Å².